The summed E-state index contributed by atoms with van der Waals surface area (Å²) in [5.41, 5.74) is 0. The van der Waals surface area contributed by atoms with E-state index in [9.17, 15) is 19.7 Å². The Balaban J connectivity index is 3.40. The van der Waals surface area contributed by atoms with E-state index in [1.807, 2.05) is 0 Å². The molecule has 14 heavy (non-hydrogen) atoms. The molecule has 0 unspecified atom stereocenters. The Hall–Kier alpha value is -1.46. The molecule has 0 heterocycles. The molecular formula is C8H13NO5. The molecule has 0 aromatic rings. The second-order valence-corrected chi connectivity index (χ2v) is 2.81. The Morgan fingerprint density at radius 3 is 2.36 bits per heavy atom. The molecule has 0 aromatic carbocycles. The van der Waals surface area contributed by atoms with Crippen LogP contribution in [0.2, 0.25) is 0 Å². The van der Waals surface area contributed by atoms with Crippen LogP contribution in [0.25, 0.3) is 0 Å². The molecule has 0 amide bonds. The van der Waals surface area contributed by atoms with Gasteiger partial charge in [-0.3, -0.25) is 19.7 Å². The summed E-state index contributed by atoms with van der Waals surface area (Å²) in [6.45, 7) is -0.627. The maximum Gasteiger partial charge on any atom is 0.305 e. The predicted octanol–water partition coefficient (Wildman–Crippen LogP) is 0.566. The Morgan fingerprint density at radius 1 is 1.29 bits per heavy atom. The molecule has 0 aliphatic heterocycles. The Labute approximate surface area is 81.4 Å². The maximum atomic E-state index is 10.8. The van der Waals surface area contributed by atoms with Crippen LogP contribution in [0.15, 0.2) is 0 Å². The van der Waals surface area contributed by atoms with Crippen molar-refractivity contribution in [3.05, 3.63) is 10.1 Å². The van der Waals surface area contributed by atoms with Crippen molar-refractivity contribution in [2.75, 3.05) is 13.7 Å². The molecule has 6 nitrogen and oxygen atoms in total. The lowest BCUT2D eigenvalue weighted by Crippen LogP contribution is -2.13. The van der Waals surface area contributed by atoms with Crippen molar-refractivity contribution in [2.45, 2.75) is 25.7 Å². The number of esters is 1. The first-order chi connectivity index (χ1) is 6.56. The fourth-order valence-electron chi connectivity index (χ4n) is 0.917. The SMILES string of the molecule is COC(=O)CCCCC(=O)C[N+](=O)[O-]. The molecule has 0 aromatic heterocycles. The zero-order valence-corrected chi connectivity index (χ0v) is 8.02. The van der Waals surface area contributed by atoms with Crippen LogP contribution in [0.5, 0.6) is 0 Å². The smallest absolute Gasteiger partial charge is 0.305 e. The van der Waals surface area contributed by atoms with E-state index in [-0.39, 0.29) is 18.8 Å². The summed E-state index contributed by atoms with van der Waals surface area (Å²) in [6, 6.07) is 0. The molecule has 0 aliphatic rings. The summed E-state index contributed by atoms with van der Waals surface area (Å²) in [6.07, 6.45) is 1.41. The zero-order chi connectivity index (χ0) is 11.0. The Bertz CT molecular complexity index is 226. The van der Waals surface area contributed by atoms with Gasteiger partial charge in [0.2, 0.25) is 5.78 Å². The van der Waals surface area contributed by atoms with Crippen molar-refractivity contribution in [3.63, 3.8) is 0 Å². The number of hydrogen-bond donors (Lipinski definition) is 0. The summed E-state index contributed by atoms with van der Waals surface area (Å²) >= 11 is 0. The van der Waals surface area contributed by atoms with Crippen molar-refractivity contribution in [3.8, 4) is 0 Å². The molecule has 0 N–H and O–H groups in total. The molecule has 0 saturated carbocycles. The topological polar surface area (TPSA) is 86.5 Å². The lowest BCUT2D eigenvalue weighted by Gasteiger charge is -1.98. The number of carbonyl (C=O) groups is 2. The fourth-order valence-corrected chi connectivity index (χ4v) is 0.917. The van der Waals surface area contributed by atoms with Gasteiger partial charge in [0.1, 0.15) is 0 Å². The third-order valence-electron chi connectivity index (χ3n) is 1.62. The van der Waals surface area contributed by atoms with E-state index < -0.39 is 17.3 Å². The van der Waals surface area contributed by atoms with E-state index in [4.69, 9.17) is 0 Å². The first-order valence-electron chi connectivity index (χ1n) is 4.26. The number of rotatable bonds is 7. The lowest BCUT2D eigenvalue weighted by atomic mass is 10.1. The van der Waals surface area contributed by atoms with Gasteiger partial charge in [0.15, 0.2) is 0 Å². The zero-order valence-electron chi connectivity index (χ0n) is 8.02. The molecule has 0 bridgehead atoms. The summed E-state index contributed by atoms with van der Waals surface area (Å²) in [4.78, 5) is 30.7. The van der Waals surface area contributed by atoms with Crippen molar-refractivity contribution in [1.82, 2.24) is 0 Å². The van der Waals surface area contributed by atoms with Crippen LogP contribution in [-0.4, -0.2) is 30.3 Å². The number of nitrogens with zero attached hydrogens (tertiary/aromatic N) is 1. The largest absolute Gasteiger partial charge is 0.469 e. The standard InChI is InChI=1S/C8H13NO5/c1-14-8(11)5-3-2-4-7(10)6-9(12)13/h2-6H2,1H3. The van der Waals surface area contributed by atoms with Gasteiger partial charge in [0, 0.05) is 17.8 Å². The molecule has 0 radical (unpaired) electrons. The number of unbranched alkanes of at least 4 members (excludes halogenated alkanes) is 1. The highest BCUT2D eigenvalue weighted by Gasteiger charge is 2.09. The van der Waals surface area contributed by atoms with Crippen LogP contribution in [0, 0.1) is 10.1 Å². The first kappa shape index (κ1) is 12.5. The summed E-state index contributed by atoms with van der Waals surface area (Å²) in [5.74, 6) is -0.730. The maximum absolute atomic E-state index is 10.8. The normalized spacial score (nSPS) is 9.50. The van der Waals surface area contributed by atoms with Crippen LogP contribution < -0.4 is 0 Å². The summed E-state index contributed by atoms with van der Waals surface area (Å²) in [5, 5.41) is 9.91. The van der Waals surface area contributed by atoms with Crippen molar-refractivity contribution in [2.24, 2.45) is 0 Å². The average Bonchev–Trinajstić information content (AvgIpc) is 2.10. The highest BCUT2D eigenvalue weighted by Crippen LogP contribution is 2.01. The molecule has 80 valence electrons. The molecule has 0 spiro atoms. The predicted molar refractivity (Wildman–Crippen MR) is 47.4 cm³/mol. The minimum atomic E-state index is -0.650. The number of hydrogen-bond acceptors (Lipinski definition) is 5. The van der Waals surface area contributed by atoms with Crippen molar-refractivity contribution >= 4 is 11.8 Å². The monoisotopic (exact) mass is 203 g/mol. The van der Waals surface area contributed by atoms with E-state index in [2.05, 4.69) is 4.74 Å². The summed E-state index contributed by atoms with van der Waals surface area (Å²) in [7, 11) is 1.29. The third-order valence-corrected chi connectivity index (χ3v) is 1.62. The van der Waals surface area contributed by atoms with Gasteiger partial charge in [-0.05, 0) is 12.8 Å². The molecular weight excluding hydrogens is 190 g/mol. The first-order valence-corrected chi connectivity index (χ1v) is 4.26. The van der Waals surface area contributed by atoms with E-state index in [0.29, 0.717) is 12.8 Å². The second-order valence-electron chi connectivity index (χ2n) is 2.81. The molecule has 6 heteroatoms. The highest BCUT2D eigenvalue weighted by atomic mass is 16.6. The van der Waals surface area contributed by atoms with Gasteiger partial charge in [0.25, 0.3) is 6.54 Å². The van der Waals surface area contributed by atoms with Crippen LogP contribution in [0.4, 0.5) is 0 Å². The quantitative estimate of drug-likeness (QED) is 0.261. The molecule has 0 saturated heterocycles. The van der Waals surface area contributed by atoms with Gasteiger partial charge in [-0.2, -0.15) is 0 Å². The van der Waals surface area contributed by atoms with Crippen LogP contribution in [-0.2, 0) is 14.3 Å². The second kappa shape index (κ2) is 6.99. The van der Waals surface area contributed by atoms with Crippen LogP contribution >= 0.6 is 0 Å². The van der Waals surface area contributed by atoms with Gasteiger partial charge in [0.05, 0.1) is 7.11 Å². The Kier molecular flexibility index (Phi) is 6.26. The number of nitro groups is 1. The van der Waals surface area contributed by atoms with Crippen molar-refractivity contribution in [1.29, 1.82) is 0 Å². The molecule has 0 fully saturated rings. The van der Waals surface area contributed by atoms with Crippen LogP contribution in [0.1, 0.15) is 25.7 Å². The Morgan fingerprint density at radius 2 is 1.86 bits per heavy atom. The van der Waals surface area contributed by atoms with Gasteiger partial charge in [-0.1, -0.05) is 0 Å². The van der Waals surface area contributed by atoms with Gasteiger partial charge >= 0.3 is 5.97 Å². The minimum absolute atomic E-state index is 0.151. The van der Waals surface area contributed by atoms with Gasteiger partial charge in [-0.15, -0.1) is 0 Å². The highest BCUT2D eigenvalue weighted by molar-refractivity contribution is 5.79. The average molecular weight is 203 g/mol. The summed E-state index contributed by atoms with van der Waals surface area (Å²) < 4.78 is 4.39. The van der Waals surface area contributed by atoms with E-state index in [0.717, 1.165) is 0 Å². The molecule has 0 aliphatic carbocycles. The van der Waals surface area contributed by atoms with Crippen LogP contribution in [0.3, 0.4) is 0 Å². The van der Waals surface area contributed by atoms with Crippen molar-refractivity contribution < 1.29 is 19.2 Å². The molecule has 0 atom stereocenters. The number of ether oxygens (including phenoxy) is 1. The number of ketones is 1. The third kappa shape index (κ3) is 7.20. The van der Waals surface area contributed by atoms with E-state index >= 15 is 0 Å². The lowest BCUT2D eigenvalue weighted by molar-refractivity contribution is -0.467. The molecule has 0 rings (SSSR count). The number of Topliss-reactive ketones (excluding diaryl/α,β-unsaturated/α-hetero) is 1. The van der Waals surface area contributed by atoms with E-state index in [1.54, 1.807) is 0 Å². The van der Waals surface area contributed by atoms with Gasteiger partial charge in [-0.25, -0.2) is 0 Å². The number of methoxy groups -OCH3 is 1. The fraction of sp³-hybridized carbons (Fsp3) is 0.750. The van der Waals surface area contributed by atoms with Gasteiger partial charge < -0.3 is 4.74 Å². The minimum Gasteiger partial charge on any atom is -0.469 e. The number of carbonyl (C=O) groups excluding carboxylic acids is 2. The van der Waals surface area contributed by atoms with E-state index in [1.165, 1.54) is 7.11 Å².